The summed E-state index contributed by atoms with van der Waals surface area (Å²) < 4.78 is 98.7. The van der Waals surface area contributed by atoms with E-state index in [4.69, 9.17) is 75.8 Å². The summed E-state index contributed by atoms with van der Waals surface area (Å²) in [4.78, 5) is 97.7. The van der Waals surface area contributed by atoms with Crippen molar-refractivity contribution in [2.75, 3.05) is 46.0 Å². The summed E-state index contributed by atoms with van der Waals surface area (Å²) in [5.74, 6) is -18.4. The van der Waals surface area contributed by atoms with E-state index in [-0.39, 0.29) is 236 Å². The molecule has 16 N–H and O–H groups in total. The molecule has 0 saturated carbocycles. The second-order valence-electron chi connectivity index (χ2n) is 31.4. The summed E-state index contributed by atoms with van der Waals surface area (Å²) in [6.45, 7) is 9.20. The van der Waals surface area contributed by atoms with Crippen LogP contribution in [0.4, 0.5) is 0 Å². The second-order valence-corrected chi connectivity index (χ2v) is 42.3. The van der Waals surface area contributed by atoms with E-state index < -0.39 is 381 Å². The monoisotopic (exact) mass is 2180 g/mol. The Kier molecular flexibility index (Phi) is 66.1. The quantitative estimate of drug-likeness (QED) is 0.0278. The number of aliphatic carboxylic acids is 8. The minimum Gasteiger partial charge on any atom is -0.549 e. The Morgan fingerprint density at radius 2 is 0.257 bits per heavy atom. The van der Waals surface area contributed by atoms with Crippen molar-refractivity contribution in [3.8, 4) is 0 Å². The molecule has 0 radical (unpaired) electrons. The molecule has 0 amide bonds. The summed E-state index contributed by atoms with van der Waals surface area (Å²) in [6, 6.07) is 0. The first-order valence-electron chi connectivity index (χ1n) is 40.0. The third kappa shape index (κ3) is 36.7. The van der Waals surface area contributed by atoms with Gasteiger partial charge in [0.25, 0.3) is 0 Å². The first-order valence-corrected chi connectivity index (χ1v) is 48.4. The zero-order valence-corrected chi connectivity index (χ0v) is 99.4. The number of aliphatic hydroxyl groups is 16. The molecule has 0 aliphatic carbocycles. The Labute approximate surface area is 990 Å². The number of carbonyl (C=O) groups is 8. The number of hydrogen-bond donors (Lipinski definition) is 16. The Morgan fingerprint density at radius 3 is 0.331 bits per heavy atom. The van der Waals surface area contributed by atoms with Crippen molar-refractivity contribution in [3.05, 3.63) is 0 Å². The molecule has 64 heteroatoms. The van der Waals surface area contributed by atoms with Crippen LogP contribution in [0, 0.1) is 0 Å². The standard InChI is InChI=1S/C72H112O48S8.8Na/c1-17(57(89)90)121-9-25-49-33(73)41(81)65(105-25)114-50-26(10-122-18(2)58(91)92)107-67(43(83)35(50)75)116-52-28(12-124-20(4)60(95)96)109-69(45(85)37(52)77)118-54-30(14-126-22(6)62(99)100)111-71(47(87)39(54)79)120-56-32(16-128-24(8)64(103)104)112-72(48(88)40(56)80)119-55-31(15-127-23(7)63(101)102)110-70(46(86)38(55)78)117-53-29(13-125-21(5)61(97)98)108-68(44(84)36(53)76)115-51-27(11-123-19(3)59(93)94)106-66(113-49)42(82)34(51)74;;;;;;;;/h17-56,65-88H,9-16H2,1-8H3,(H,89,90)(H,91,92)(H,93,94)(H,95,96)(H,97,98)(H,99,100)(H,101,102)(H,103,104);;;;;;;;/q;8*+1/p-8/t17?,18?,19?,20?,21?,22?,23?,24?,25-,26-,27-,28-,29-,30-,31-,32-,33-,34-,35-,36-,37-,38-,39-,40-,41-,42-,43-,44-,45-,46-,47-,48-,49-,50-,51-,52-,53-,54-,55-,56-,65-,66-,67-,68-,69-,70-,71-,72-;;;;;;;;/m1......../s1. The number of carbonyl (C=O) groups excluding carboxylic acids is 8. The van der Waals surface area contributed by atoms with Gasteiger partial charge in [-0.05, 0) is 55.4 Å². The van der Waals surface area contributed by atoms with Gasteiger partial charge >= 0.3 is 236 Å². The summed E-state index contributed by atoms with van der Waals surface area (Å²) in [5.41, 5.74) is 0. The van der Waals surface area contributed by atoms with Crippen molar-refractivity contribution in [2.45, 2.75) is 343 Å². The zero-order valence-electron chi connectivity index (χ0n) is 76.9. The molecule has 30 fully saturated rings. The van der Waals surface area contributed by atoms with Gasteiger partial charge in [0.05, 0.1) is 96.6 Å². The first kappa shape index (κ1) is 139. The van der Waals surface area contributed by atoms with Crippen LogP contribution < -0.4 is 277 Å². The molecule has 30 rings (SSSR count). The number of hydrogen-bond acceptors (Lipinski definition) is 56. The largest absolute Gasteiger partial charge is 1.00 e. The molecule has 0 aromatic heterocycles. The molecular weight excluding hydrogens is 2070 g/mol. The van der Waals surface area contributed by atoms with Gasteiger partial charge in [0.15, 0.2) is 50.3 Å². The summed E-state index contributed by atoms with van der Waals surface area (Å²) in [5, 5.41) is 281. The number of aliphatic hydroxyl groups excluding tert-OH is 16. The average molecular weight is 2180 g/mol. The Balaban J connectivity index is 0.0000116. The number of carboxylic acid groups (broad SMARTS) is 8. The van der Waals surface area contributed by atoms with Gasteiger partial charge < -0.3 is 237 Å². The molecular formula is C72H104Na8O48S8. The van der Waals surface area contributed by atoms with Gasteiger partial charge in [-0.25, -0.2) is 0 Å². The third-order valence-electron chi connectivity index (χ3n) is 22.2. The molecule has 30 heterocycles. The smallest absolute Gasteiger partial charge is 0.549 e. The third-order valence-corrected chi connectivity index (χ3v) is 31.9. The van der Waals surface area contributed by atoms with Crippen molar-refractivity contribution >= 4 is 142 Å². The normalized spacial score (nSPS) is 41.0. The number of thioether (sulfide) groups is 8. The topological polar surface area (TPSA) is 792 Å². The minimum atomic E-state index is -2.45. The van der Waals surface area contributed by atoms with Crippen molar-refractivity contribution in [1.29, 1.82) is 0 Å². The van der Waals surface area contributed by atoms with Crippen LogP contribution in [0.2, 0.25) is 0 Å². The number of rotatable bonds is 32. The minimum absolute atomic E-state index is 0. The SMILES string of the molecule is CC(SC[C@H]1O[C@@H]2O[C@H]3[C@H](O)[C@@H](O)[C@@H](O[C@H]4[C@H](O)[C@@H](O)[C@@H](O[C@H]5[C@H](O)[C@@H](O)[C@@H](O[C@H]6[C@H](O)[C@@H](O)[C@@H](O[C@H]7[C@H](O)[C@@H](O)[C@@H](O[C@H]8[C@H](O)[C@@H](O)[C@@H](O[C@H]9[C@H](O)[C@@H](O)[C@@H](O[C@H]1[C@H](O)[C@H]2O)O[C@@H]9CSC(C)C(=O)[O-])O[C@@H]8CSC(C)C(=O)[O-])O[C@@H]7CSC(C)C(=O)[O-])O[C@@H]6CSC(C)C(=O)[O-])O[C@@H]5CSC(C)C(=O)[O-])O[C@@H]4CSC(C)C(=O)[O-])O[C@@H]3CSC(C)C(=O)[O-])C(=O)[O-].[Na+].[Na+].[Na+].[Na+].[Na+].[Na+].[Na+].[Na+]. The molecule has 0 spiro atoms. The van der Waals surface area contributed by atoms with Crippen LogP contribution >= 0.6 is 94.1 Å². The molecule has 48 atom stereocenters. The molecule has 8 unspecified atom stereocenters. The Hall–Kier alpha value is 5.28. The van der Waals surface area contributed by atoms with E-state index in [1.807, 2.05) is 0 Å². The van der Waals surface area contributed by atoms with Crippen LogP contribution in [-0.4, -0.2) is 463 Å². The molecule has 30 aliphatic rings. The van der Waals surface area contributed by atoms with E-state index >= 15 is 0 Å². The van der Waals surface area contributed by atoms with Gasteiger partial charge in [-0.15, -0.1) is 94.1 Å². The van der Waals surface area contributed by atoms with Gasteiger partial charge in [-0.1, -0.05) is 0 Å². The van der Waals surface area contributed by atoms with Gasteiger partial charge in [0.1, 0.15) is 146 Å². The van der Waals surface area contributed by atoms with Crippen molar-refractivity contribution in [3.63, 3.8) is 0 Å². The van der Waals surface area contributed by atoms with Gasteiger partial charge in [0.2, 0.25) is 0 Å². The van der Waals surface area contributed by atoms with E-state index in [0.29, 0.717) is 94.1 Å². The molecule has 48 nitrogen and oxygen atoms in total. The fourth-order valence-electron chi connectivity index (χ4n) is 14.3. The van der Waals surface area contributed by atoms with E-state index in [1.165, 1.54) is 0 Å². The van der Waals surface area contributed by atoms with Crippen LogP contribution in [-0.2, 0) is 114 Å². The molecule has 0 aromatic carbocycles. The van der Waals surface area contributed by atoms with Gasteiger partial charge in [-0.3, -0.25) is 0 Å². The summed E-state index contributed by atoms with van der Waals surface area (Å²) in [7, 11) is 0. The average Bonchev–Trinajstić information content (AvgIpc) is 0.768. The van der Waals surface area contributed by atoms with Gasteiger partial charge in [-0.2, -0.15) is 0 Å². The number of ether oxygens (including phenoxy) is 16. The van der Waals surface area contributed by atoms with Crippen molar-refractivity contribution < 1.29 is 473 Å². The van der Waals surface area contributed by atoms with Crippen LogP contribution in [0.5, 0.6) is 0 Å². The molecule has 736 valence electrons. The fraction of sp³-hybridized carbons (Fsp3) is 0.889. The predicted octanol–water partition coefficient (Wildman–Crippen LogP) is -42.3. The van der Waals surface area contributed by atoms with Crippen molar-refractivity contribution in [2.24, 2.45) is 0 Å². The van der Waals surface area contributed by atoms with E-state index in [0.717, 1.165) is 55.4 Å². The molecule has 0 aromatic rings. The maximum atomic E-state index is 12.3. The first-order chi connectivity index (χ1) is 60.0. The predicted molar refractivity (Wildman–Crippen MR) is 420 cm³/mol. The Bertz CT molecular complexity index is 3000. The van der Waals surface area contributed by atoms with Crippen LogP contribution in [0.3, 0.4) is 0 Å². The molecule has 16 bridgehead atoms. The van der Waals surface area contributed by atoms with E-state index in [9.17, 15) is 161 Å². The maximum Gasteiger partial charge on any atom is 1.00 e. The van der Waals surface area contributed by atoms with Crippen LogP contribution in [0.25, 0.3) is 0 Å². The second kappa shape index (κ2) is 64.6. The van der Waals surface area contributed by atoms with Crippen LogP contribution in [0.15, 0.2) is 0 Å². The van der Waals surface area contributed by atoms with E-state index in [1.54, 1.807) is 0 Å². The molecule has 136 heavy (non-hydrogen) atoms. The summed E-state index contributed by atoms with van der Waals surface area (Å²) in [6.07, 6.45) is -88.5. The summed E-state index contributed by atoms with van der Waals surface area (Å²) >= 11 is 4.37. The zero-order chi connectivity index (χ0) is 95.0. The molecule has 30 saturated heterocycles. The van der Waals surface area contributed by atoms with Crippen LogP contribution in [0.1, 0.15) is 55.4 Å². The number of carboxylic acids is 8. The van der Waals surface area contributed by atoms with E-state index in [2.05, 4.69) is 0 Å². The van der Waals surface area contributed by atoms with Crippen molar-refractivity contribution in [1.82, 2.24) is 0 Å². The maximum absolute atomic E-state index is 12.3. The Morgan fingerprint density at radius 1 is 0.176 bits per heavy atom. The molecule has 30 aliphatic heterocycles. The fourth-order valence-corrected chi connectivity index (χ4v) is 21.3. The van der Waals surface area contributed by atoms with Gasteiger partial charge in [0, 0.05) is 88.0 Å².